The fourth-order valence-electron chi connectivity index (χ4n) is 1.83. The molecule has 0 saturated carbocycles. The molecule has 0 atom stereocenters. The highest BCUT2D eigenvalue weighted by atomic mass is 35.5. The van der Waals surface area contributed by atoms with Crippen molar-refractivity contribution in [2.24, 2.45) is 0 Å². The lowest BCUT2D eigenvalue weighted by Gasteiger charge is -2.12. The van der Waals surface area contributed by atoms with Crippen LogP contribution in [0.3, 0.4) is 0 Å². The Hall–Kier alpha value is -2.00. The average Bonchev–Trinajstić information content (AvgIpc) is 2.46. The van der Waals surface area contributed by atoms with Crippen LogP contribution in [0, 0.1) is 0 Å². The van der Waals surface area contributed by atoms with Crippen LogP contribution in [0.5, 0.6) is 0 Å². The Morgan fingerprint density at radius 3 is 2.35 bits per heavy atom. The monoisotopic (exact) mass is 288 g/mol. The fraction of sp³-hybridized carbons (Fsp3) is 0.188. The molecule has 2 aromatic rings. The Morgan fingerprint density at radius 2 is 1.75 bits per heavy atom. The lowest BCUT2D eigenvalue weighted by atomic mass is 10.1. The molecule has 2 aromatic carbocycles. The van der Waals surface area contributed by atoms with Crippen molar-refractivity contribution >= 4 is 23.2 Å². The van der Waals surface area contributed by atoms with Crippen molar-refractivity contribution in [3.63, 3.8) is 0 Å². The van der Waals surface area contributed by atoms with Crippen LogP contribution in [0.15, 0.2) is 48.5 Å². The summed E-state index contributed by atoms with van der Waals surface area (Å²) in [6, 6.07) is 15.0. The Labute approximate surface area is 124 Å². The molecular weight excluding hydrogens is 272 g/mol. The second kappa shape index (κ2) is 6.44. The number of carbonyl (C=O) groups excluding carboxylic acids is 1. The standard InChI is InChI=1S/C16H17ClN2O/c1-19(2)14-9-7-12(8-10-14)16(20)18-11-13-5-3-4-6-15(13)17/h3-10H,11H2,1-2H3,(H,18,20). The molecule has 20 heavy (non-hydrogen) atoms. The first-order valence-corrected chi connectivity index (χ1v) is 6.74. The third kappa shape index (κ3) is 3.52. The third-order valence-corrected chi connectivity index (χ3v) is 3.41. The normalized spacial score (nSPS) is 10.2. The number of anilines is 1. The molecule has 0 bridgehead atoms. The number of rotatable bonds is 4. The lowest BCUT2D eigenvalue weighted by Crippen LogP contribution is -2.23. The predicted octanol–water partition coefficient (Wildman–Crippen LogP) is 3.34. The zero-order valence-corrected chi connectivity index (χ0v) is 12.3. The highest BCUT2D eigenvalue weighted by Crippen LogP contribution is 2.15. The van der Waals surface area contributed by atoms with Crippen molar-refractivity contribution in [2.45, 2.75) is 6.54 Å². The summed E-state index contributed by atoms with van der Waals surface area (Å²) in [5.41, 5.74) is 2.61. The van der Waals surface area contributed by atoms with E-state index in [2.05, 4.69) is 5.32 Å². The molecule has 4 heteroatoms. The van der Waals surface area contributed by atoms with Gasteiger partial charge in [-0.15, -0.1) is 0 Å². The SMILES string of the molecule is CN(C)c1ccc(C(=O)NCc2ccccc2Cl)cc1. The van der Waals surface area contributed by atoms with Crippen molar-refractivity contribution in [1.29, 1.82) is 0 Å². The number of hydrogen-bond donors (Lipinski definition) is 1. The minimum atomic E-state index is -0.102. The molecule has 1 amide bonds. The van der Waals surface area contributed by atoms with Crippen LogP contribution < -0.4 is 10.2 Å². The topological polar surface area (TPSA) is 32.3 Å². The number of nitrogens with one attached hydrogen (secondary N) is 1. The number of halogens is 1. The Kier molecular flexibility index (Phi) is 4.64. The van der Waals surface area contributed by atoms with Crippen molar-refractivity contribution in [2.75, 3.05) is 19.0 Å². The van der Waals surface area contributed by atoms with Crippen LogP contribution in [0.25, 0.3) is 0 Å². The summed E-state index contributed by atoms with van der Waals surface area (Å²) in [6.07, 6.45) is 0. The van der Waals surface area contributed by atoms with E-state index in [9.17, 15) is 4.79 Å². The Bertz CT molecular complexity index is 594. The molecule has 104 valence electrons. The van der Waals surface area contributed by atoms with Crippen LogP contribution in [0.4, 0.5) is 5.69 Å². The molecule has 0 aliphatic heterocycles. The molecule has 0 radical (unpaired) electrons. The largest absolute Gasteiger partial charge is 0.378 e. The van der Waals surface area contributed by atoms with E-state index in [0.29, 0.717) is 17.1 Å². The zero-order valence-electron chi connectivity index (χ0n) is 11.6. The van der Waals surface area contributed by atoms with Crippen LogP contribution in [-0.2, 0) is 6.54 Å². The smallest absolute Gasteiger partial charge is 0.251 e. The van der Waals surface area contributed by atoms with Gasteiger partial charge in [0.05, 0.1) is 0 Å². The van der Waals surface area contributed by atoms with Gasteiger partial charge in [0.1, 0.15) is 0 Å². The maximum absolute atomic E-state index is 12.0. The Morgan fingerprint density at radius 1 is 1.10 bits per heavy atom. The molecular formula is C16H17ClN2O. The van der Waals surface area contributed by atoms with Crippen molar-refractivity contribution in [3.05, 3.63) is 64.7 Å². The quantitative estimate of drug-likeness (QED) is 0.936. The number of carbonyl (C=O) groups is 1. The van der Waals surface area contributed by atoms with Crippen LogP contribution >= 0.6 is 11.6 Å². The van der Waals surface area contributed by atoms with E-state index >= 15 is 0 Å². The highest BCUT2D eigenvalue weighted by molar-refractivity contribution is 6.31. The number of benzene rings is 2. The zero-order chi connectivity index (χ0) is 14.5. The summed E-state index contributed by atoms with van der Waals surface area (Å²) in [7, 11) is 3.93. The van der Waals surface area contributed by atoms with Gasteiger partial charge in [-0.3, -0.25) is 4.79 Å². The second-order valence-electron chi connectivity index (χ2n) is 4.72. The van der Waals surface area contributed by atoms with E-state index in [-0.39, 0.29) is 5.91 Å². The first-order chi connectivity index (χ1) is 9.58. The minimum Gasteiger partial charge on any atom is -0.378 e. The first-order valence-electron chi connectivity index (χ1n) is 6.37. The molecule has 3 nitrogen and oxygen atoms in total. The van der Waals surface area contributed by atoms with Gasteiger partial charge in [-0.05, 0) is 35.9 Å². The van der Waals surface area contributed by atoms with Gasteiger partial charge in [0, 0.05) is 36.9 Å². The average molecular weight is 289 g/mol. The summed E-state index contributed by atoms with van der Waals surface area (Å²) in [4.78, 5) is 14.0. The predicted molar refractivity (Wildman–Crippen MR) is 83.4 cm³/mol. The number of nitrogens with zero attached hydrogens (tertiary/aromatic N) is 1. The molecule has 0 aromatic heterocycles. The summed E-state index contributed by atoms with van der Waals surface area (Å²) in [5.74, 6) is -0.102. The van der Waals surface area contributed by atoms with Crippen molar-refractivity contribution in [1.82, 2.24) is 5.32 Å². The highest BCUT2D eigenvalue weighted by Gasteiger charge is 2.06. The summed E-state index contributed by atoms with van der Waals surface area (Å²) >= 11 is 6.05. The molecule has 0 fully saturated rings. The van der Waals surface area contributed by atoms with E-state index in [0.717, 1.165) is 11.3 Å². The van der Waals surface area contributed by atoms with Crippen LogP contribution in [0.2, 0.25) is 5.02 Å². The van der Waals surface area contributed by atoms with Gasteiger partial charge in [0.15, 0.2) is 0 Å². The molecule has 0 unspecified atom stereocenters. The summed E-state index contributed by atoms with van der Waals surface area (Å²) < 4.78 is 0. The van der Waals surface area contributed by atoms with Gasteiger partial charge < -0.3 is 10.2 Å². The molecule has 0 spiro atoms. The van der Waals surface area contributed by atoms with Crippen molar-refractivity contribution < 1.29 is 4.79 Å². The molecule has 2 rings (SSSR count). The first kappa shape index (κ1) is 14.4. The molecule has 0 aliphatic carbocycles. The third-order valence-electron chi connectivity index (χ3n) is 3.04. The number of amides is 1. The lowest BCUT2D eigenvalue weighted by molar-refractivity contribution is 0.0951. The Balaban J connectivity index is 2.00. The fourth-order valence-corrected chi connectivity index (χ4v) is 2.03. The van der Waals surface area contributed by atoms with E-state index in [4.69, 9.17) is 11.6 Å². The van der Waals surface area contributed by atoms with E-state index in [1.807, 2.05) is 67.5 Å². The van der Waals surface area contributed by atoms with Gasteiger partial charge in [-0.1, -0.05) is 29.8 Å². The maximum Gasteiger partial charge on any atom is 0.251 e. The van der Waals surface area contributed by atoms with Crippen LogP contribution in [-0.4, -0.2) is 20.0 Å². The van der Waals surface area contributed by atoms with Crippen LogP contribution in [0.1, 0.15) is 15.9 Å². The molecule has 0 aliphatic rings. The molecule has 1 N–H and O–H groups in total. The molecule has 0 saturated heterocycles. The van der Waals surface area contributed by atoms with Gasteiger partial charge in [-0.2, -0.15) is 0 Å². The van der Waals surface area contributed by atoms with E-state index < -0.39 is 0 Å². The van der Waals surface area contributed by atoms with E-state index in [1.54, 1.807) is 0 Å². The van der Waals surface area contributed by atoms with Gasteiger partial charge in [-0.25, -0.2) is 0 Å². The van der Waals surface area contributed by atoms with Crippen molar-refractivity contribution in [3.8, 4) is 0 Å². The van der Waals surface area contributed by atoms with E-state index in [1.165, 1.54) is 0 Å². The van der Waals surface area contributed by atoms with Gasteiger partial charge >= 0.3 is 0 Å². The summed E-state index contributed by atoms with van der Waals surface area (Å²) in [6.45, 7) is 0.425. The van der Waals surface area contributed by atoms with Gasteiger partial charge in [0.2, 0.25) is 0 Å². The maximum atomic E-state index is 12.0. The minimum absolute atomic E-state index is 0.102. The molecule has 0 heterocycles. The second-order valence-corrected chi connectivity index (χ2v) is 5.12. The summed E-state index contributed by atoms with van der Waals surface area (Å²) in [5, 5.41) is 3.53. The van der Waals surface area contributed by atoms with Gasteiger partial charge in [0.25, 0.3) is 5.91 Å². The number of hydrogen-bond acceptors (Lipinski definition) is 2.